The van der Waals surface area contributed by atoms with E-state index in [0.29, 0.717) is 55.3 Å². The highest BCUT2D eigenvalue weighted by Crippen LogP contribution is 2.36. The summed E-state index contributed by atoms with van der Waals surface area (Å²) in [5, 5.41) is 11.4. The van der Waals surface area contributed by atoms with Crippen molar-refractivity contribution in [3.63, 3.8) is 0 Å². The van der Waals surface area contributed by atoms with Crippen molar-refractivity contribution >= 4 is 23.4 Å². The quantitative estimate of drug-likeness (QED) is 0.249. The van der Waals surface area contributed by atoms with Crippen LogP contribution in [0.2, 0.25) is 0 Å². The molecule has 3 aliphatic heterocycles. The van der Waals surface area contributed by atoms with Gasteiger partial charge in [-0.1, -0.05) is 30.3 Å². The Bertz CT molecular complexity index is 1660. The first-order chi connectivity index (χ1) is 22.4. The molecule has 3 aromatic rings. The molecule has 10 nitrogen and oxygen atoms in total. The standard InChI is InChI=1S/C35H36FN5O5/c1-2-46-39-33(25-14-16-40(17-15-25)29-11-8-23(19-37)18-28(29)36)24-9-6-22(7-10-24)21-45-31-5-3-4-26-27(31)20-41(35(26)44)30-12-13-32(42)38-34(30)43/h3-11,18,25,30,33,39H,2,12-17,20-21H2,1H3,(H,38,42,43)/t30-,33?/m0/s1. The Balaban J connectivity index is 1.09. The molecule has 6 rings (SSSR count). The van der Waals surface area contributed by atoms with Gasteiger partial charge in [0.25, 0.3) is 5.91 Å². The summed E-state index contributed by atoms with van der Waals surface area (Å²) >= 11 is 0. The zero-order valence-electron chi connectivity index (χ0n) is 25.6. The number of hydrogen-bond donors (Lipinski definition) is 2. The lowest BCUT2D eigenvalue weighted by molar-refractivity contribution is -0.136. The lowest BCUT2D eigenvalue weighted by Crippen LogP contribution is -2.52. The van der Waals surface area contributed by atoms with Gasteiger partial charge in [-0.05, 0) is 73.6 Å². The van der Waals surface area contributed by atoms with Crippen LogP contribution in [0.4, 0.5) is 10.1 Å². The van der Waals surface area contributed by atoms with Crippen LogP contribution in [-0.2, 0) is 27.6 Å². The van der Waals surface area contributed by atoms with Crippen molar-refractivity contribution in [2.75, 3.05) is 24.6 Å². The Morgan fingerprint density at radius 1 is 1.07 bits per heavy atom. The number of piperidine rings is 2. The number of halogens is 1. The molecule has 2 fully saturated rings. The van der Waals surface area contributed by atoms with E-state index < -0.39 is 11.9 Å². The average Bonchev–Trinajstić information content (AvgIpc) is 3.41. The number of ether oxygens (including phenoxy) is 1. The fraction of sp³-hybridized carbons (Fsp3) is 0.371. The van der Waals surface area contributed by atoms with Gasteiger partial charge in [0.1, 0.15) is 24.2 Å². The monoisotopic (exact) mass is 625 g/mol. The van der Waals surface area contributed by atoms with Crippen LogP contribution in [0.1, 0.15) is 71.3 Å². The molecule has 0 spiro atoms. The van der Waals surface area contributed by atoms with Crippen LogP contribution in [0.25, 0.3) is 0 Å². The Kier molecular flexibility index (Phi) is 9.28. The van der Waals surface area contributed by atoms with E-state index in [9.17, 15) is 18.8 Å². The molecule has 0 aromatic heterocycles. The second-order valence-corrected chi connectivity index (χ2v) is 11.8. The second-order valence-electron chi connectivity index (χ2n) is 11.8. The van der Waals surface area contributed by atoms with Crippen molar-refractivity contribution in [1.29, 1.82) is 5.26 Å². The fourth-order valence-corrected chi connectivity index (χ4v) is 6.59. The topological polar surface area (TPSA) is 124 Å². The van der Waals surface area contributed by atoms with Crippen molar-refractivity contribution in [1.82, 2.24) is 15.7 Å². The van der Waals surface area contributed by atoms with Crippen LogP contribution in [0.3, 0.4) is 0 Å². The van der Waals surface area contributed by atoms with E-state index in [0.717, 1.165) is 29.5 Å². The van der Waals surface area contributed by atoms with Gasteiger partial charge in [-0.25, -0.2) is 4.39 Å². The van der Waals surface area contributed by atoms with Crippen LogP contribution in [0.5, 0.6) is 5.75 Å². The summed E-state index contributed by atoms with van der Waals surface area (Å²) in [5.41, 5.74) is 7.35. The molecule has 2 saturated heterocycles. The highest BCUT2D eigenvalue weighted by molar-refractivity contribution is 6.05. The number of rotatable bonds is 10. The summed E-state index contributed by atoms with van der Waals surface area (Å²) in [4.78, 5) is 46.4. The highest BCUT2D eigenvalue weighted by Gasteiger charge is 2.40. The molecule has 11 heteroatoms. The molecule has 2 atom stereocenters. The second kappa shape index (κ2) is 13.7. The van der Waals surface area contributed by atoms with Crippen molar-refractivity contribution < 1.29 is 28.3 Å². The molecule has 3 aromatic carbocycles. The van der Waals surface area contributed by atoms with Gasteiger partial charge >= 0.3 is 0 Å². The van der Waals surface area contributed by atoms with Crippen molar-refractivity contribution in [2.24, 2.45) is 5.92 Å². The first-order valence-corrected chi connectivity index (χ1v) is 15.7. The molecule has 3 heterocycles. The Labute approximate surface area is 267 Å². The number of nitrogens with zero attached hydrogens (tertiary/aromatic N) is 3. The third-order valence-corrected chi connectivity index (χ3v) is 9.06. The molecular weight excluding hydrogens is 589 g/mol. The summed E-state index contributed by atoms with van der Waals surface area (Å²) in [7, 11) is 0. The van der Waals surface area contributed by atoms with E-state index in [2.05, 4.69) is 22.9 Å². The van der Waals surface area contributed by atoms with E-state index in [1.54, 1.807) is 24.3 Å². The van der Waals surface area contributed by atoms with Crippen LogP contribution in [0.15, 0.2) is 60.7 Å². The fourth-order valence-electron chi connectivity index (χ4n) is 6.59. The van der Waals surface area contributed by atoms with Gasteiger partial charge in [0.15, 0.2) is 0 Å². The number of carbonyl (C=O) groups is 3. The zero-order chi connectivity index (χ0) is 32.2. The third-order valence-electron chi connectivity index (χ3n) is 9.06. The number of carbonyl (C=O) groups excluding carboxylic acids is 3. The normalized spacial score (nSPS) is 19.1. The average molecular weight is 626 g/mol. The number of benzene rings is 3. The van der Waals surface area contributed by atoms with Gasteiger partial charge in [-0.2, -0.15) is 10.7 Å². The van der Waals surface area contributed by atoms with E-state index >= 15 is 0 Å². The summed E-state index contributed by atoms with van der Waals surface area (Å²) in [5.74, 6) is -0.516. The maximum absolute atomic E-state index is 14.6. The number of nitrogens with one attached hydrogen (secondary N) is 2. The zero-order valence-corrected chi connectivity index (χ0v) is 25.6. The SMILES string of the molecule is CCONC(c1ccc(COc2cccc3c2CN([C@H]2CCC(=O)NC2=O)C3=O)cc1)C1CCN(c2ccc(C#N)cc2F)CC1. The maximum Gasteiger partial charge on any atom is 0.255 e. The first-order valence-electron chi connectivity index (χ1n) is 15.7. The molecular formula is C35H36FN5O5. The highest BCUT2D eigenvalue weighted by atomic mass is 19.1. The van der Waals surface area contributed by atoms with Gasteiger partial charge in [0, 0.05) is 30.6 Å². The summed E-state index contributed by atoms with van der Waals surface area (Å²) in [6, 6.07) is 19.4. The minimum Gasteiger partial charge on any atom is -0.489 e. The minimum atomic E-state index is -0.680. The van der Waals surface area contributed by atoms with E-state index in [-0.39, 0.29) is 42.6 Å². The van der Waals surface area contributed by atoms with Crippen molar-refractivity contribution in [3.05, 3.63) is 94.3 Å². The maximum atomic E-state index is 14.6. The number of fused-ring (bicyclic) bond motifs is 1. The number of hydroxylamine groups is 1. The first kappa shape index (κ1) is 31.2. The van der Waals surface area contributed by atoms with Crippen molar-refractivity contribution in [3.8, 4) is 11.8 Å². The molecule has 3 aliphatic rings. The largest absolute Gasteiger partial charge is 0.489 e. The molecule has 0 bridgehead atoms. The lowest BCUT2D eigenvalue weighted by Gasteiger charge is -2.37. The Morgan fingerprint density at radius 2 is 1.85 bits per heavy atom. The van der Waals surface area contributed by atoms with Gasteiger partial charge in [-0.3, -0.25) is 19.7 Å². The van der Waals surface area contributed by atoms with Crippen molar-refractivity contribution in [2.45, 2.75) is 57.8 Å². The van der Waals surface area contributed by atoms with Gasteiger partial charge in [0.2, 0.25) is 11.8 Å². The van der Waals surface area contributed by atoms with Crippen LogP contribution in [0, 0.1) is 23.1 Å². The molecule has 0 radical (unpaired) electrons. The summed E-state index contributed by atoms with van der Waals surface area (Å²) in [6.07, 6.45) is 2.18. The van der Waals surface area contributed by atoms with Crippen LogP contribution in [-0.4, -0.2) is 48.4 Å². The molecule has 46 heavy (non-hydrogen) atoms. The number of anilines is 1. The number of nitriles is 1. The lowest BCUT2D eigenvalue weighted by atomic mass is 9.85. The van der Waals surface area contributed by atoms with Gasteiger partial charge in [0.05, 0.1) is 36.5 Å². The van der Waals surface area contributed by atoms with E-state index in [4.69, 9.17) is 14.8 Å². The van der Waals surface area contributed by atoms with Crippen LogP contribution >= 0.6 is 0 Å². The predicted octanol–water partition coefficient (Wildman–Crippen LogP) is 4.54. The summed E-state index contributed by atoms with van der Waals surface area (Å²) in [6.45, 7) is 4.36. The van der Waals surface area contributed by atoms with Gasteiger partial charge in [-0.15, -0.1) is 0 Å². The van der Waals surface area contributed by atoms with Gasteiger partial charge < -0.3 is 19.4 Å². The third kappa shape index (κ3) is 6.45. The Hall–Kier alpha value is -4.79. The molecule has 238 valence electrons. The smallest absolute Gasteiger partial charge is 0.255 e. The Morgan fingerprint density at radius 3 is 2.54 bits per heavy atom. The molecule has 2 N–H and O–H groups in total. The van der Waals surface area contributed by atoms with E-state index in [1.165, 1.54) is 11.0 Å². The number of amides is 3. The molecule has 3 amide bonds. The van der Waals surface area contributed by atoms with E-state index in [1.807, 2.05) is 36.1 Å². The van der Waals surface area contributed by atoms with Crippen LogP contribution < -0.4 is 20.4 Å². The minimum absolute atomic E-state index is 0.0513. The molecule has 1 unspecified atom stereocenters. The molecule has 0 aliphatic carbocycles. The number of imide groups is 1. The summed E-state index contributed by atoms with van der Waals surface area (Å²) < 4.78 is 20.8. The number of hydrogen-bond acceptors (Lipinski definition) is 8. The predicted molar refractivity (Wildman–Crippen MR) is 167 cm³/mol. The molecule has 0 saturated carbocycles.